The van der Waals surface area contributed by atoms with Gasteiger partial charge in [0.15, 0.2) is 5.11 Å². The summed E-state index contributed by atoms with van der Waals surface area (Å²) >= 11 is 11.9. The van der Waals surface area contributed by atoms with Crippen LogP contribution in [-0.4, -0.2) is 27.4 Å². The van der Waals surface area contributed by atoms with Crippen LogP contribution in [0.4, 0.5) is 5.69 Å². The lowest BCUT2D eigenvalue weighted by molar-refractivity contribution is -0.116. The van der Waals surface area contributed by atoms with Gasteiger partial charge in [-0.15, -0.1) is 0 Å². The first kappa shape index (κ1) is 23.1. The number of carbonyl (C=O) groups is 1. The van der Waals surface area contributed by atoms with Gasteiger partial charge in [-0.2, -0.15) is 0 Å². The predicted molar refractivity (Wildman–Crippen MR) is 141 cm³/mol. The van der Waals surface area contributed by atoms with E-state index in [1.54, 1.807) is 6.20 Å². The molecule has 2 aromatic heterocycles. The Morgan fingerprint density at radius 2 is 1.91 bits per heavy atom. The smallest absolute Gasteiger partial charge is 0.244 e. The first-order valence-electron chi connectivity index (χ1n) is 11.2. The molecule has 0 bridgehead atoms. The number of nitrogens with zero attached hydrogens (tertiary/aromatic N) is 2. The lowest BCUT2D eigenvalue weighted by atomic mass is 10.0. The van der Waals surface area contributed by atoms with Gasteiger partial charge in [-0.3, -0.25) is 9.78 Å². The summed E-state index contributed by atoms with van der Waals surface area (Å²) in [5.41, 5.74) is 3.50. The molecule has 35 heavy (non-hydrogen) atoms. The molecule has 2 N–H and O–H groups in total. The second-order valence-corrected chi connectivity index (χ2v) is 9.15. The number of pyridine rings is 1. The van der Waals surface area contributed by atoms with Gasteiger partial charge < -0.3 is 20.0 Å². The second-order valence-electron chi connectivity index (χ2n) is 8.33. The van der Waals surface area contributed by atoms with Gasteiger partial charge in [0.2, 0.25) is 5.91 Å². The van der Waals surface area contributed by atoms with Crippen LogP contribution in [0.25, 0.3) is 11.3 Å². The van der Waals surface area contributed by atoms with Gasteiger partial charge in [0, 0.05) is 22.5 Å². The molecule has 176 valence electrons. The van der Waals surface area contributed by atoms with Gasteiger partial charge in [-0.1, -0.05) is 41.9 Å². The Balaban J connectivity index is 1.48. The summed E-state index contributed by atoms with van der Waals surface area (Å²) in [4.78, 5) is 19.3. The zero-order valence-electron chi connectivity index (χ0n) is 18.9. The highest BCUT2D eigenvalue weighted by atomic mass is 35.5. The molecule has 1 fully saturated rings. The summed E-state index contributed by atoms with van der Waals surface area (Å²) < 4.78 is 6.36. The van der Waals surface area contributed by atoms with E-state index in [9.17, 15) is 4.79 Å². The van der Waals surface area contributed by atoms with Crippen LogP contribution in [-0.2, 0) is 4.79 Å². The van der Waals surface area contributed by atoms with Crippen molar-refractivity contribution in [3.05, 3.63) is 107 Å². The van der Waals surface area contributed by atoms with Crippen LogP contribution in [0.2, 0.25) is 5.02 Å². The Morgan fingerprint density at radius 3 is 2.69 bits per heavy atom. The van der Waals surface area contributed by atoms with E-state index in [2.05, 4.69) is 15.6 Å². The summed E-state index contributed by atoms with van der Waals surface area (Å²) in [6.07, 6.45) is 1.74. The third-order valence-electron chi connectivity index (χ3n) is 5.95. The predicted octanol–water partition coefficient (Wildman–Crippen LogP) is 5.91. The number of halogens is 1. The number of hydrogen-bond acceptors (Lipinski definition) is 4. The topological polar surface area (TPSA) is 70.4 Å². The average Bonchev–Trinajstić information content (AvgIpc) is 3.46. The van der Waals surface area contributed by atoms with Gasteiger partial charge in [0.1, 0.15) is 24.1 Å². The van der Waals surface area contributed by atoms with E-state index in [-0.39, 0.29) is 24.5 Å². The van der Waals surface area contributed by atoms with E-state index in [0.717, 1.165) is 22.5 Å². The van der Waals surface area contributed by atoms with Crippen molar-refractivity contribution in [2.75, 3.05) is 11.9 Å². The van der Waals surface area contributed by atoms with Crippen LogP contribution < -0.4 is 10.6 Å². The standard InChI is InChI=1S/C27H23ClN4O2S/c1-17-10-11-18(28)15-20(17)22-12-13-23(34-22)26-25(21-9-5-6-14-29-21)31-27(35)32(26)16-24(33)30-19-7-3-2-4-8-19/h2-15,25-26H,16H2,1H3,(H,30,33)(H,31,35). The quantitative estimate of drug-likeness (QED) is 0.319. The van der Waals surface area contributed by atoms with Crippen molar-refractivity contribution in [1.29, 1.82) is 0 Å². The molecule has 2 aromatic carbocycles. The number of para-hydroxylation sites is 1. The molecule has 1 saturated heterocycles. The first-order valence-corrected chi connectivity index (χ1v) is 12.0. The highest BCUT2D eigenvalue weighted by Crippen LogP contribution is 2.40. The Kier molecular flexibility index (Phi) is 6.53. The number of amides is 1. The summed E-state index contributed by atoms with van der Waals surface area (Å²) in [5.74, 6) is 1.20. The van der Waals surface area contributed by atoms with E-state index in [1.807, 2.05) is 90.7 Å². The van der Waals surface area contributed by atoms with E-state index >= 15 is 0 Å². The molecular weight excluding hydrogens is 480 g/mol. The number of anilines is 1. The van der Waals surface area contributed by atoms with Crippen molar-refractivity contribution in [3.63, 3.8) is 0 Å². The molecule has 1 aliphatic heterocycles. The fraction of sp³-hybridized carbons (Fsp3) is 0.148. The highest BCUT2D eigenvalue weighted by molar-refractivity contribution is 7.80. The van der Waals surface area contributed by atoms with Crippen LogP contribution in [0.1, 0.15) is 29.1 Å². The number of hydrogen-bond donors (Lipinski definition) is 2. The Morgan fingerprint density at radius 1 is 1.11 bits per heavy atom. The highest BCUT2D eigenvalue weighted by Gasteiger charge is 2.42. The molecule has 5 rings (SSSR count). The van der Waals surface area contributed by atoms with Crippen molar-refractivity contribution >= 4 is 40.5 Å². The Labute approximate surface area is 213 Å². The largest absolute Gasteiger partial charge is 0.459 e. The Bertz CT molecular complexity index is 1360. The maximum atomic E-state index is 12.9. The zero-order chi connectivity index (χ0) is 24.4. The van der Waals surface area contributed by atoms with Crippen molar-refractivity contribution in [3.8, 4) is 11.3 Å². The van der Waals surface area contributed by atoms with E-state index in [4.69, 9.17) is 28.2 Å². The second kappa shape index (κ2) is 9.90. The van der Waals surface area contributed by atoms with Gasteiger partial charge in [0.05, 0.1) is 11.7 Å². The minimum absolute atomic E-state index is 0.0565. The van der Waals surface area contributed by atoms with Gasteiger partial charge in [-0.05, 0) is 73.2 Å². The minimum atomic E-state index is -0.368. The SMILES string of the molecule is Cc1ccc(Cl)cc1-c1ccc(C2C(c3ccccn3)NC(=S)N2CC(=O)Nc2ccccc2)o1. The van der Waals surface area contributed by atoms with Gasteiger partial charge in [0.25, 0.3) is 0 Å². The van der Waals surface area contributed by atoms with Gasteiger partial charge >= 0.3 is 0 Å². The molecule has 0 aliphatic carbocycles. The van der Waals surface area contributed by atoms with Crippen LogP contribution in [0.5, 0.6) is 0 Å². The lowest BCUT2D eigenvalue weighted by Gasteiger charge is -2.25. The average molecular weight is 503 g/mol. The number of rotatable bonds is 6. The fourth-order valence-electron chi connectivity index (χ4n) is 4.28. The van der Waals surface area contributed by atoms with Crippen molar-refractivity contribution < 1.29 is 9.21 Å². The van der Waals surface area contributed by atoms with Gasteiger partial charge in [-0.25, -0.2) is 0 Å². The van der Waals surface area contributed by atoms with Crippen LogP contribution in [0.3, 0.4) is 0 Å². The lowest BCUT2D eigenvalue weighted by Crippen LogP contribution is -2.36. The maximum absolute atomic E-state index is 12.9. The number of carbonyl (C=O) groups excluding carboxylic acids is 1. The fourth-order valence-corrected chi connectivity index (χ4v) is 4.75. The van der Waals surface area contributed by atoms with E-state index in [0.29, 0.717) is 21.7 Å². The van der Waals surface area contributed by atoms with Crippen LogP contribution >= 0.6 is 23.8 Å². The monoisotopic (exact) mass is 502 g/mol. The first-order chi connectivity index (χ1) is 17.0. The number of furan rings is 1. The van der Waals surface area contributed by atoms with Crippen LogP contribution in [0.15, 0.2) is 89.5 Å². The van der Waals surface area contributed by atoms with E-state index in [1.165, 1.54) is 0 Å². The van der Waals surface area contributed by atoms with Crippen LogP contribution in [0, 0.1) is 6.92 Å². The molecule has 0 radical (unpaired) electrons. The summed E-state index contributed by atoms with van der Waals surface area (Å²) in [6.45, 7) is 2.07. The number of aryl methyl sites for hydroxylation is 1. The molecule has 3 heterocycles. The minimum Gasteiger partial charge on any atom is -0.459 e. The molecule has 2 unspecified atom stereocenters. The molecule has 8 heteroatoms. The van der Waals surface area contributed by atoms with Crippen molar-refractivity contribution in [2.24, 2.45) is 0 Å². The summed E-state index contributed by atoms with van der Waals surface area (Å²) in [6, 6.07) is 24.0. The third kappa shape index (κ3) is 4.92. The summed E-state index contributed by atoms with van der Waals surface area (Å²) in [7, 11) is 0. The molecule has 1 aliphatic rings. The number of benzene rings is 2. The molecule has 6 nitrogen and oxygen atoms in total. The number of aromatic nitrogens is 1. The summed E-state index contributed by atoms with van der Waals surface area (Å²) in [5, 5.41) is 7.37. The van der Waals surface area contributed by atoms with E-state index < -0.39 is 0 Å². The van der Waals surface area contributed by atoms with Crippen molar-refractivity contribution in [1.82, 2.24) is 15.2 Å². The molecule has 0 saturated carbocycles. The molecule has 2 atom stereocenters. The molecule has 1 amide bonds. The molecule has 0 spiro atoms. The third-order valence-corrected chi connectivity index (χ3v) is 6.54. The number of thiocarbonyl (C=S) groups is 1. The molecular formula is C27H23ClN4O2S. The zero-order valence-corrected chi connectivity index (χ0v) is 20.5. The Hall–Kier alpha value is -3.68. The maximum Gasteiger partial charge on any atom is 0.244 e. The van der Waals surface area contributed by atoms with Crippen molar-refractivity contribution in [2.45, 2.75) is 19.0 Å². The number of nitrogens with one attached hydrogen (secondary N) is 2. The normalized spacial score (nSPS) is 17.3. The molecule has 4 aromatic rings.